The molecule has 0 aliphatic heterocycles. The topological polar surface area (TPSA) is 76.7 Å². The molecule has 2 rings (SSSR count). The zero-order valence-electron chi connectivity index (χ0n) is 15.2. The zero-order chi connectivity index (χ0) is 18.9. The Morgan fingerprint density at radius 3 is 2.38 bits per heavy atom. The maximum atomic E-state index is 12.0. The molecule has 0 fully saturated rings. The maximum absolute atomic E-state index is 12.0. The van der Waals surface area contributed by atoms with Gasteiger partial charge in [-0.05, 0) is 49.6 Å². The lowest BCUT2D eigenvalue weighted by Crippen LogP contribution is -2.48. The van der Waals surface area contributed by atoms with E-state index in [2.05, 4.69) is 17.8 Å². The SMILES string of the molecule is CCc1ccc(O[C@@H](C)C(=O)NNC(=O)COc2ccccc2C)cc1. The molecule has 0 saturated heterocycles. The minimum absolute atomic E-state index is 0.196. The molecule has 6 nitrogen and oxygen atoms in total. The lowest BCUT2D eigenvalue weighted by molar-refractivity contribution is -0.133. The summed E-state index contributed by atoms with van der Waals surface area (Å²) in [5.74, 6) is 0.315. The number of hydrogen-bond donors (Lipinski definition) is 2. The smallest absolute Gasteiger partial charge is 0.279 e. The fraction of sp³-hybridized carbons (Fsp3) is 0.300. The second kappa shape index (κ2) is 9.46. The molecule has 0 unspecified atom stereocenters. The Hall–Kier alpha value is -3.02. The Labute approximate surface area is 153 Å². The van der Waals surface area contributed by atoms with E-state index in [1.165, 1.54) is 5.56 Å². The van der Waals surface area contributed by atoms with Crippen molar-refractivity contribution >= 4 is 11.8 Å². The van der Waals surface area contributed by atoms with Gasteiger partial charge in [0.1, 0.15) is 11.5 Å². The molecule has 2 aromatic carbocycles. The van der Waals surface area contributed by atoms with E-state index in [-0.39, 0.29) is 6.61 Å². The first-order valence-electron chi connectivity index (χ1n) is 8.52. The highest BCUT2D eigenvalue weighted by Crippen LogP contribution is 2.16. The molecule has 0 aliphatic carbocycles. The first kappa shape index (κ1) is 19.3. The number of aryl methyl sites for hydroxylation is 2. The number of carbonyl (C=O) groups excluding carboxylic acids is 2. The van der Waals surface area contributed by atoms with Crippen molar-refractivity contribution in [2.24, 2.45) is 0 Å². The third-order valence-corrected chi connectivity index (χ3v) is 3.79. The van der Waals surface area contributed by atoms with Gasteiger partial charge in [-0.2, -0.15) is 0 Å². The van der Waals surface area contributed by atoms with E-state index >= 15 is 0 Å². The molecule has 0 aromatic heterocycles. The average Bonchev–Trinajstić information content (AvgIpc) is 2.66. The van der Waals surface area contributed by atoms with Crippen molar-refractivity contribution in [3.8, 4) is 11.5 Å². The van der Waals surface area contributed by atoms with Gasteiger partial charge in [0.2, 0.25) is 0 Å². The number of hydrazine groups is 1. The molecule has 2 aromatic rings. The van der Waals surface area contributed by atoms with Crippen LogP contribution in [0.2, 0.25) is 0 Å². The highest BCUT2D eigenvalue weighted by Gasteiger charge is 2.15. The minimum Gasteiger partial charge on any atom is -0.483 e. The van der Waals surface area contributed by atoms with Gasteiger partial charge < -0.3 is 9.47 Å². The predicted molar refractivity (Wildman–Crippen MR) is 98.9 cm³/mol. The van der Waals surface area contributed by atoms with Crippen LogP contribution in [-0.2, 0) is 16.0 Å². The minimum atomic E-state index is -0.750. The van der Waals surface area contributed by atoms with Crippen LogP contribution in [0, 0.1) is 6.92 Å². The lowest BCUT2D eigenvalue weighted by atomic mass is 10.2. The summed E-state index contributed by atoms with van der Waals surface area (Å²) in [5, 5.41) is 0. The van der Waals surface area contributed by atoms with E-state index in [1.54, 1.807) is 13.0 Å². The second-order valence-electron chi connectivity index (χ2n) is 5.85. The third-order valence-electron chi connectivity index (χ3n) is 3.79. The Morgan fingerprint density at radius 2 is 1.73 bits per heavy atom. The van der Waals surface area contributed by atoms with Crippen LogP contribution in [0.4, 0.5) is 0 Å². The summed E-state index contributed by atoms with van der Waals surface area (Å²) in [6.45, 7) is 5.37. The molecular formula is C20H24N2O4. The molecule has 26 heavy (non-hydrogen) atoms. The van der Waals surface area contributed by atoms with E-state index in [0.29, 0.717) is 11.5 Å². The number of amides is 2. The molecule has 138 valence electrons. The van der Waals surface area contributed by atoms with Crippen LogP contribution < -0.4 is 20.3 Å². The van der Waals surface area contributed by atoms with E-state index in [0.717, 1.165) is 12.0 Å². The summed E-state index contributed by atoms with van der Waals surface area (Å²) in [4.78, 5) is 23.8. The number of rotatable bonds is 7. The van der Waals surface area contributed by atoms with Gasteiger partial charge in [0.25, 0.3) is 11.8 Å². The van der Waals surface area contributed by atoms with Crippen LogP contribution >= 0.6 is 0 Å². The number of ether oxygens (including phenoxy) is 2. The van der Waals surface area contributed by atoms with Crippen molar-refractivity contribution in [2.45, 2.75) is 33.3 Å². The average molecular weight is 356 g/mol. The van der Waals surface area contributed by atoms with Crippen LogP contribution in [0.3, 0.4) is 0 Å². The Kier molecular flexibility index (Phi) is 7.02. The van der Waals surface area contributed by atoms with Gasteiger partial charge in [-0.1, -0.05) is 37.3 Å². The van der Waals surface area contributed by atoms with Crippen molar-refractivity contribution in [1.29, 1.82) is 0 Å². The quantitative estimate of drug-likeness (QED) is 0.748. The number of benzene rings is 2. The highest BCUT2D eigenvalue weighted by molar-refractivity contribution is 5.85. The first-order valence-corrected chi connectivity index (χ1v) is 8.52. The van der Waals surface area contributed by atoms with Crippen molar-refractivity contribution < 1.29 is 19.1 Å². The van der Waals surface area contributed by atoms with E-state index in [1.807, 2.05) is 49.4 Å². The summed E-state index contributed by atoms with van der Waals surface area (Å²) in [6.07, 6.45) is 0.187. The van der Waals surface area contributed by atoms with E-state index in [4.69, 9.17) is 9.47 Å². The van der Waals surface area contributed by atoms with Crippen molar-refractivity contribution in [1.82, 2.24) is 10.9 Å². The molecule has 0 bridgehead atoms. The maximum Gasteiger partial charge on any atom is 0.279 e. The zero-order valence-corrected chi connectivity index (χ0v) is 15.2. The number of hydrogen-bond acceptors (Lipinski definition) is 4. The standard InChI is InChI=1S/C20H24N2O4/c1-4-16-9-11-17(12-10-16)26-15(3)20(24)22-21-19(23)13-25-18-8-6-5-7-14(18)2/h5-12,15H,4,13H2,1-3H3,(H,21,23)(H,22,24)/t15-/m0/s1. The monoisotopic (exact) mass is 356 g/mol. The molecule has 2 N–H and O–H groups in total. The molecule has 0 saturated carbocycles. The summed E-state index contributed by atoms with van der Waals surface area (Å²) < 4.78 is 11.0. The van der Waals surface area contributed by atoms with E-state index < -0.39 is 17.9 Å². The van der Waals surface area contributed by atoms with Crippen molar-refractivity contribution in [2.75, 3.05) is 6.61 Å². The summed E-state index contributed by atoms with van der Waals surface area (Å²) in [5.41, 5.74) is 6.77. The summed E-state index contributed by atoms with van der Waals surface area (Å²) in [6, 6.07) is 14.9. The molecular weight excluding hydrogens is 332 g/mol. The molecule has 0 aliphatic rings. The Balaban J connectivity index is 1.74. The van der Waals surface area contributed by atoms with Gasteiger partial charge >= 0.3 is 0 Å². The van der Waals surface area contributed by atoms with Crippen molar-refractivity contribution in [3.05, 3.63) is 59.7 Å². The molecule has 0 radical (unpaired) electrons. The lowest BCUT2D eigenvalue weighted by Gasteiger charge is -2.15. The number of carbonyl (C=O) groups is 2. The van der Waals surface area contributed by atoms with Gasteiger partial charge in [0.05, 0.1) is 0 Å². The van der Waals surface area contributed by atoms with Gasteiger partial charge in [0, 0.05) is 0 Å². The van der Waals surface area contributed by atoms with Crippen LogP contribution in [0.25, 0.3) is 0 Å². The van der Waals surface area contributed by atoms with Gasteiger partial charge in [-0.25, -0.2) is 0 Å². The van der Waals surface area contributed by atoms with Gasteiger partial charge in [-0.15, -0.1) is 0 Å². The van der Waals surface area contributed by atoms with Gasteiger partial charge in [0.15, 0.2) is 12.7 Å². The third kappa shape index (κ3) is 5.81. The highest BCUT2D eigenvalue weighted by atomic mass is 16.5. The van der Waals surface area contributed by atoms with Crippen LogP contribution in [0.15, 0.2) is 48.5 Å². The molecule has 1 atom stereocenters. The normalized spacial score (nSPS) is 11.3. The summed E-state index contributed by atoms with van der Waals surface area (Å²) >= 11 is 0. The Bertz CT molecular complexity index is 744. The van der Waals surface area contributed by atoms with Crippen LogP contribution in [0.5, 0.6) is 11.5 Å². The molecule has 2 amide bonds. The molecule has 0 heterocycles. The molecule has 6 heteroatoms. The Morgan fingerprint density at radius 1 is 1.04 bits per heavy atom. The van der Waals surface area contributed by atoms with Gasteiger partial charge in [-0.3, -0.25) is 20.4 Å². The van der Waals surface area contributed by atoms with Crippen LogP contribution in [-0.4, -0.2) is 24.5 Å². The largest absolute Gasteiger partial charge is 0.483 e. The number of nitrogens with one attached hydrogen (secondary N) is 2. The van der Waals surface area contributed by atoms with E-state index in [9.17, 15) is 9.59 Å². The second-order valence-corrected chi connectivity index (χ2v) is 5.85. The van der Waals surface area contributed by atoms with Crippen LogP contribution in [0.1, 0.15) is 25.0 Å². The first-order chi connectivity index (χ1) is 12.5. The predicted octanol–water partition coefficient (Wildman–Crippen LogP) is 2.55. The van der Waals surface area contributed by atoms with Crippen molar-refractivity contribution in [3.63, 3.8) is 0 Å². The fourth-order valence-corrected chi connectivity index (χ4v) is 2.19. The summed E-state index contributed by atoms with van der Waals surface area (Å²) in [7, 11) is 0. The molecule has 0 spiro atoms. The number of para-hydroxylation sites is 1. The fourth-order valence-electron chi connectivity index (χ4n) is 2.19.